The minimum absolute atomic E-state index is 0.263. The van der Waals surface area contributed by atoms with Crippen molar-refractivity contribution in [3.8, 4) is 5.88 Å². The molecule has 0 bridgehead atoms. The molecule has 1 atom stereocenters. The van der Waals surface area contributed by atoms with Gasteiger partial charge < -0.3 is 15.0 Å². The lowest BCUT2D eigenvalue weighted by Gasteiger charge is -2.24. The van der Waals surface area contributed by atoms with Crippen molar-refractivity contribution in [3.63, 3.8) is 0 Å². The van der Waals surface area contributed by atoms with Crippen LogP contribution in [0.2, 0.25) is 10.0 Å². The number of nitrogens with one attached hydrogen (secondary N) is 1. The van der Waals surface area contributed by atoms with Crippen molar-refractivity contribution in [1.29, 1.82) is 0 Å². The first-order valence-electron chi connectivity index (χ1n) is 8.06. The number of anilines is 1. The fraction of sp³-hybridized carbons (Fsp3) is 0.278. The lowest BCUT2D eigenvalue weighted by molar-refractivity contribution is -0.119. The van der Waals surface area contributed by atoms with Crippen LogP contribution in [0, 0.1) is 0 Å². The maximum atomic E-state index is 12.8. The maximum absolute atomic E-state index is 12.8. The number of carbonyl (C=O) groups excluding carboxylic acids is 2. The second-order valence-corrected chi connectivity index (χ2v) is 6.70. The highest BCUT2D eigenvalue weighted by molar-refractivity contribution is 6.35. The number of benzene rings is 1. The first-order valence-corrected chi connectivity index (χ1v) is 8.82. The summed E-state index contributed by atoms with van der Waals surface area (Å²) < 4.78 is 4.99. The molecule has 2 heterocycles. The number of halogens is 2. The summed E-state index contributed by atoms with van der Waals surface area (Å²) >= 11 is 12.1. The molecule has 3 rings (SSSR count). The average Bonchev–Trinajstić information content (AvgIpc) is 3.13. The molecule has 0 radical (unpaired) electrons. The summed E-state index contributed by atoms with van der Waals surface area (Å²) in [5.41, 5.74) is 0.834. The van der Waals surface area contributed by atoms with Gasteiger partial charge in [-0.05, 0) is 37.1 Å². The molecule has 6 nitrogen and oxygen atoms in total. The van der Waals surface area contributed by atoms with E-state index in [0.717, 1.165) is 6.42 Å². The Kier molecular flexibility index (Phi) is 5.64. The monoisotopic (exact) mass is 393 g/mol. The number of ether oxygens (including phenoxy) is 1. The van der Waals surface area contributed by atoms with E-state index in [2.05, 4.69) is 10.3 Å². The van der Waals surface area contributed by atoms with Crippen LogP contribution in [0.4, 0.5) is 5.69 Å². The van der Waals surface area contributed by atoms with E-state index in [1.165, 1.54) is 24.3 Å². The molecular weight excluding hydrogens is 377 g/mol. The molecule has 0 unspecified atom stereocenters. The van der Waals surface area contributed by atoms with Crippen LogP contribution in [-0.2, 0) is 4.79 Å². The standard InChI is InChI=1S/C18H17Cl2N3O3/c1-26-16-7-5-12(10-21-16)22-17(24)15-3-2-8-23(15)18(25)13-9-11(19)4-6-14(13)20/h4-7,9-10,15H,2-3,8H2,1H3,(H,22,24)/t15-/m1/s1. The maximum Gasteiger partial charge on any atom is 0.256 e. The van der Waals surface area contributed by atoms with Crippen molar-refractivity contribution >= 4 is 40.7 Å². The van der Waals surface area contributed by atoms with Crippen molar-refractivity contribution in [3.05, 3.63) is 52.1 Å². The van der Waals surface area contributed by atoms with Crippen LogP contribution in [0.25, 0.3) is 0 Å². The molecule has 26 heavy (non-hydrogen) atoms. The largest absolute Gasteiger partial charge is 0.481 e. The Morgan fingerprint density at radius 3 is 2.77 bits per heavy atom. The Morgan fingerprint density at radius 1 is 1.27 bits per heavy atom. The van der Waals surface area contributed by atoms with Gasteiger partial charge in [-0.15, -0.1) is 0 Å². The van der Waals surface area contributed by atoms with E-state index in [0.29, 0.717) is 40.1 Å². The third kappa shape index (κ3) is 3.92. The van der Waals surface area contributed by atoms with E-state index in [1.807, 2.05) is 0 Å². The Labute approximate surface area is 161 Å². The van der Waals surface area contributed by atoms with Crippen molar-refractivity contribution in [2.45, 2.75) is 18.9 Å². The van der Waals surface area contributed by atoms with Gasteiger partial charge in [0, 0.05) is 17.6 Å². The summed E-state index contributed by atoms with van der Waals surface area (Å²) in [6.45, 7) is 0.487. The van der Waals surface area contributed by atoms with E-state index < -0.39 is 6.04 Å². The van der Waals surface area contributed by atoms with Crippen LogP contribution in [0.15, 0.2) is 36.5 Å². The number of aromatic nitrogens is 1. The first-order chi connectivity index (χ1) is 12.5. The minimum Gasteiger partial charge on any atom is -0.481 e. The number of hydrogen-bond acceptors (Lipinski definition) is 4. The summed E-state index contributed by atoms with van der Waals surface area (Å²) in [5, 5.41) is 3.52. The molecule has 1 aliphatic heterocycles. The van der Waals surface area contributed by atoms with Crippen LogP contribution < -0.4 is 10.1 Å². The van der Waals surface area contributed by atoms with Gasteiger partial charge in [-0.1, -0.05) is 23.2 Å². The van der Waals surface area contributed by atoms with E-state index in [1.54, 1.807) is 24.3 Å². The molecule has 1 aromatic heterocycles. The molecule has 8 heteroatoms. The van der Waals surface area contributed by atoms with Gasteiger partial charge >= 0.3 is 0 Å². The average molecular weight is 394 g/mol. The Hall–Kier alpha value is -2.31. The van der Waals surface area contributed by atoms with Crippen LogP contribution in [0.5, 0.6) is 5.88 Å². The van der Waals surface area contributed by atoms with E-state index in [4.69, 9.17) is 27.9 Å². The third-order valence-electron chi connectivity index (χ3n) is 4.19. The Balaban J connectivity index is 1.75. The molecule has 2 amide bonds. The number of carbonyl (C=O) groups is 2. The number of hydrogen-bond donors (Lipinski definition) is 1. The summed E-state index contributed by atoms with van der Waals surface area (Å²) in [6, 6.07) is 7.49. The quantitative estimate of drug-likeness (QED) is 0.860. The minimum atomic E-state index is -0.570. The zero-order valence-corrected chi connectivity index (χ0v) is 15.5. The highest BCUT2D eigenvalue weighted by Gasteiger charge is 2.35. The Morgan fingerprint density at radius 2 is 2.08 bits per heavy atom. The summed E-state index contributed by atoms with van der Waals surface area (Å²) in [5.74, 6) is -0.111. The van der Waals surface area contributed by atoms with Gasteiger partial charge in [-0.2, -0.15) is 0 Å². The number of nitrogens with zero attached hydrogens (tertiary/aromatic N) is 2. The summed E-state index contributed by atoms with van der Waals surface area (Å²) in [4.78, 5) is 31.1. The smallest absolute Gasteiger partial charge is 0.256 e. The molecule has 0 spiro atoms. The van der Waals surface area contributed by atoms with Crippen LogP contribution in [-0.4, -0.2) is 41.4 Å². The normalized spacial score (nSPS) is 16.4. The highest BCUT2D eigenvalue weighted by Crippen LogP contribution is 2.27. The first kappa shape index (κ1) is 18.5. The zero-order valence-electron chi connectivity index (χ0n) is 14.0. The van der Waals surface area contributed by atoms with Gasteiger partial charge in [0.1, 0.15) is 6.04 Å². The topological polar surface area (TPSA) is 71.5 Å². The van der Waals surface area contributed by atoms with Gasteiger partial charge in [-0.25, -0.2) is 4.98 Å². The molecule has 2 aromatic rings. The highest BCUT2D eigenvalue weighted by atomic mass is 35.5. The molecule has 1 saturated heterocycles. The number of pyridine rings is 1. The summed E-state index contributed by atoms with van der Waals surface area (Å²) in [7, 11) is 1.52. The predicted molar refractivity (Wildman–Crippen MR) is 99.9 cm³/mol. The predicted octanol–water partition coefficient (Wildman–Crippen LogP) is 3.64. The number of methoxy groups -OCH3 is 1. The molecule has 1 N–H and O–H groups in total. The SMILES string of the molecule is COc1ccc(NC(=O)[C@H]2CCCN2C(=O)c2cc(Cl)ccc2Cl)cn1. The lowest BCUT2D eigenvalue weighted by atomic mass is 10.1. The van der Waals surface area contributed by atoms with Gasteiger partial charge in [0.2, 0.25) is 11.8 Å². The molecule has 1 fully saturated rings. The second kappa shape index (κ2) is 7.93. The second-order valence-electron chi connectivity index (χ2n) is 5.86. The van der Waals surface area contributed by atoms with Crippen LogP contribution in [0.3, 0.4) is 0 Å². The van der Waals surface area contributed by atoms with Gasteiger partial charge in [0.25, 0.3) is 5.91 Å². The van der Waals surface area contributed by atoms with E-state index in [-0.39, 0.29) is 11.8 Å². The van der Waals surface area contributed by atoms with Gasteiger partial charge in [0.05, 0.1) is 29.6 Å². The molecule has 1 aliphatic rings. The molecule has 136 valence electrons. The third-order valence-corrected chi connectivity index (χ3v) is 4.75. The van der Waals surface area contributed by atoms with E-state index >= 15 is 0 Å². The number of likely N-dealkylation sites (tertiary alicyclic amines) is 1. The molecule has 0 saturated carbocycles. The Bertz CT molecular complexity index is 827. The van der Waals surface area contributed by atoms with Gasteiger partial charge in [-0.3, -0.25) is 9.59 Å². The molecular formula is C18H17Cl2N3O3. The molecule has 0 aliphatic carbocycles. The fourth-order valence-electron chi connectivity index (χ4n) is 2.90. The van der Waals surface area contributed by atoms with Crippen molar-refractivity contribution in [1.82, 2.24) is 9.88 Å². The van der Waals surface area contributed by atoms with Crippen molar-refractivity contribution in [2.24, 2.45) is 0 Å². The number of rotatable bonds is 4. The van der Waals surface area contributed by atoms with Crippen LogP contribution in [0.1, 0.15) is 23.2 Å². The zero-order chi connectivity index (χ0) is 18.7. The lowest BCUT2D eigenvalue weighted by Crippen LogP contribution is -2.43. The van der Waals surface area contributed by atoms with Crippen LogP contribution >= 0.6 is 23.2 Å². The fourth-order valence-corrected chi connectivity index (χ4v) is 3.27. The van der Waals surface area contributed by atoms with Crippen molar-refractivity contribution in [2.75, 3.05) is 19.0 Å². The summed E-state index contributed by atoms with van der Waals surface area (Å²) in [6.07, 6.45) is 2.83. The van der Waals surface area contributed by atoms with Gasteiger partial charge in [0.15, 0.2) is 0 Å². The molecule has 1 aromatic carbocycles. The van der Waals surface area contributed by atoms with E-state index in [9.17, 15) is 9.59 Å². The van der Waals surface area contributed by atoms with Crippen molar-refractivity contribution < 1.29 is 14.3 Å². The number of amides is 2.